The first-order valence-electron chi connectivity index (χ1n) is 3.46. The second-order valence-corrected chi connectivity index (χ2v) is 2.78. The molecule has 0 radical (unpaired) electrons. The molecular weight excluding hydrogens is 232 g/mol. The second-order valence-electron chi connectivity index (χ2n) is 2.22. The van der Waals surface area contributed by atoms with Gasteiger partial charge < -0.3 is 4.42 Å². The van der Waals surface area contributed by atoms with Crippen molar-refractivity contribution in [1.29, 1.82) is 10.5 Å². The maximum atomic E-state index is 8.46. The molecule has 0 aromatic carbocycles. The first-order chi connectivity index (χ1) is 6.30. The molecule has 0 aliphatic rings. The number of nitriles is 2. The predicted molar refractivity (Wildman–Crippen MR) is 50.5 cm³/mol. The molecule has 0 aliphatic carbocycles. The van der Waals surface area contributed by atoms with E-state index in [2.05, 4.69) is 15.9 Å². The van der Waals surface area contributed by atoms with E-state index in [1.807, 2.05) is 0 Å². The lowest BCUT2D eigenvalue weighted by atomic mass is 10.3. The van der Waals surface area contributed by atoms with Crippen molar-refractivity contribution in [1.82, 2.24) is 0 Å². The quantitative estimate of drug-likeness (QED) is 0.586. The molecule has 0 atom stereocenters. The lowest BCUT2D eigenvalue weighted by Gasteiger charge is -1.85. The van der Waals surface area contributed by atoms with E-state index in [-0.39, 0.29) is 5.57 Å². The van der Waals surface area contributed by atoms with Crippen molar-refractivity contribution in [3.63, 3.8) is 0 Å². The van der Waals surface area contributed by atoms with Crippen molar-refractivity contribution < 1.29 is 4.42 Å². The van der Waals surface area contributed by atoms with Crippen molar-refractivity contribution in [3.8, 4) is 12.1 Å². The molecule has 0 unspecified atom stereocenters. The van der Waals surface area contributed by atoms with Gasteiger partial charge in [-0.05, 0) is 12.1 Å². The molecule has 1 rings (SSSR count). The van der Waals surface area contributed by atoms with E-state index in [9.17, 15) is 0 Å². The fourth-order valence-corrected chi connectivity index (χ4v) is 1.08. The molecule has 0 saturated heterocycles. The van der Waals surface area contributed by atoms with Gasteiger partial charge in [-0.1, -0.05) is 15.9 Å². The molecule has 0 spiro atoms. The van der Waals surface area contributed by atoms with E-state index in [1.54, 1.807) is 24.3 Å². The molecule has 13 heavy (non-hydrogen) atoms. The minimum atomic E-state index is 0.0375. The Bertz CT molecular complexity index is 390. The van der Waals surface area contributed by atoms with Gasteiger partial charge in [0, 0.05) is 6.08 Å². The number of rotatable bonds is 2. The zero-order chi connectivity index (χ0) is 9.68. The monoisotopic (exact) mass is 236 g/mol. The second kappa shape index (κ2) is 4.49. The van der Waals surface area contributed by atoms with E-state index < -0.39 is 0 Å². The molecule has 4 heteroatoms. The number of allylic oxidation sites excluding steroid dienone is 1. The summed E-state index contributed by atoms with van der Waals surface area (Å²) in [6, 6.07) is 7.01. The molecule has 0 fully saturated rings. The molecule has 0 amide bonds. The van der Waals surface area contributed by atoms with Crippen LogP contribution in [0.15, 0.2) is 22.1 Å². The Morgan fingerprint density at radius 2 is 2.15 bits per heavy atom. The minimum Gasteiger partial charge on any atom is -0.461 e. The van der Waals surface area contributed by atoms with Crippen LogP contribution in [0.4, 0.5) is 0 Å². The van der Waals surface area contributed by atoms with Crippen LogP contribution >= 0.6 is 15.9 Å². The molecule has 0 bridgehead atoms. The Morgan fingerprint density at radius 3 is 2.62 bits per heavy atom. The van der Waals surface area contributed by atoms with Crippen LogP contribution in [0.1, 0.15) is 11.5 Å². The van der Waals surface area contributed by atoms with E-state index in [1.165, 1.54) is 6.08 Å². The Labute approximate surface area is 84.0 Å². The SMILES string of the molecule is N#CC(C#N)=Cc1ccc(CBr)o1. The van der Waals surface area contributed by atoms with Crippen LogP contribution in [-0.2, 0) is 5.33 Å². The molecule has 0 N–H and O–H groups in total. The zero-order valence-corrected chi connectivity index (χ0v) is 8.21. The van der Waals surface area contributed by atoms with Crippen molar-refractivity contribution in [3.05, 3.63) is 29.2 Å². The van der Waals surface area contributed by atoms with Crippen molar-refractivity contribution >= 4 is 22.0 Å². The Morgan fingerprint density at radius 1 is 1.46 bits per heavy atom. The highest BCUT2D eigenvalue weighted by atomic mass is 79.9. The number of furan rings is 1. The molecule has 1 aromatic heterocycles. The fourth-order valence-electron chi connectivity index (χ4n) is 0.776. The highest BCUT2D eigenvalue weighted by molar-refractivity contribution is 9.08. The van der Waals surface area contributed by atoms with Crippen molar-refractivity contribution in [2.24, 2.45) is 0 Å². The number of hydrogen-bond donors (Lipinski definition) is 0. The van der Waals surface area contributed by atoms with Gasteiger partial charge in [0.25, 0.3) is 0 Å². The molecule has 0 aliphatic heterocycles. The van der Waals surface area contributed by atoms with E-state index in [0.717, 1.165) is 5.76 Å². The third kappa shape index (κ3) is 2.47. The summed E-state index contributed by atoms with van der Waals surface area (Å²) in [6.07, 6.45) is 1.41. The van der Waals surface area contributed by atoms with Crippen LogP contribution in [-0.4, -0.2) is 0 Å². The van der Waals surface area contributed by atoms with Crippen LogP contribution in [0.25, 0.3) is 6.08 Å². The van der Waals surface area contributed by atoms with Gasteiger partial charge in [0.2, 0.25) is 0 Å². The van der Waals surface area contributed by atoms with E-state index in [0.29, 0.717) is 11.1 Å². The normalized spacial score (nSPS) is 8.54. The minimum absolute atomic E-state index is 0.0375. The first kappa shape index (κ1) is 9.57. The Balaban J connectivity index is 2.93. The molecule has 64 valence electrons. The maximum Gasteiger partial charge on any atom is 0.133 e. The summed E-state index contributed by atoms with van der Waals surface area (Å²) >= 11 is 3.23. The van der Waals surface area contributed by atoms with Crippen LogP contribution in [0.3, 0.4) is 0 Å². The summed E-state index contributed by atoms with van der Waals surface area (Å²) in [5.74, 6) is 1.29. The van der Waals surface area contributed by atoms with Crippen LogP contribution in [0.2, 0.25) is 0 Å². The predicted octanol–water partition coefficient (Wildman–Crippen LogP) is 2.61. The van der Waals surface area contributed by atoms with Crippen LogP contribution in [0.5, 0.6) is 0 Å². The number of alkyl halides is 1. The van der Waals surface area contributed by atoms with Gasteiger partial charge in [-0.2, -0.15) is 10.5 Å². The lowest BCUT2D eigenvalue weighted by molar-refractivity contribution is 0.522. The van der Waals surface area contributed by atoms with E-state index >= 15 is 0 Å². The third-order valence-electron chi connectivity index (χ3n) is 1.34. The van der Waals surface area contributed by atoms with Crippen LogP contribution < -0.4 is 0 Å². The smallest absolute Gasteiger partial charge is 0.133 e. The summed E-state index contributed by atoms with van der Waals surface area (Å²) in [6.45, 7) is 0. The summed E-state index contributed by atoms with van der Waals surface area (Å²) in [4.78, 5) is 0. The maximum absolute atomic E-state index is 8.46. The van der Waals surface area contributed by atoms with Gasteiger partial charge in [0.05, 0.1) is 5.33 Å². The molecule has 1 heterocycles. The third-order valence-corrected chi connectivity index (χ3v) is 1.89. The standard InChI is InChI=1S/C9H5BrN2O/c10-4-9-2-1-8(13-9)3-7(5-11)6-12/h1-3H,4H2. The topological polar surface area (TPSA) is 60.7 Å². The number of nitrogens with zero attached hydrogens (tertiary/aromatic N) is 2. The summed E-state index contributed by atoms with van der Waals surface area (Å²) in [5.41, 5.74) is 0.0375. The van der Waals surface area contributed by atoms with Gasteiger partial charge in [0.1, 0.15) is 29.2 Å². The molecular formula is C9H5BrN2O. The lowest BCUT2D eigenvalue weighted by Crippen LogP contribution is -1.71. The van der Waals surface area contributed by atoms with Gasteiger partial charge in [0.15, 0.2) is 0 Å². The zero-order valence-electron chi connectivity index (χ0n) is 6.62. The summed E-state index contributed by atoms with van der Waals surface area (Å²) in [7, 11) is 0. The van der Waals surface area contributed by atoms with E-state index in [4.69, 9.17) is 14.9 Å². The first-order valence-corrected chi connectivity index (χ1v) is 4.59. The molecule has 3 nitrogen and oxygen atoms in total. The average Bonchev–Trinajstić information content (AvgIpc) is 2.61. The summed E-state index contributed by atoms with van der Waals surface area (Å²) < 4.78 is 5.24. The van der Waals surface area contributed by atoms with Crippen molar-refractivity contribution in [2.75, 3.05) is 0 Å². The largest absolute Gasteiger partial charge is 0.461 e. The molecule has 1 aromatic rings. The number of halogens is 1. The van der Waals surface area contributed by atoms with Crippen molar-refractivity contribution in [2.45, 2.75) is 5.33 Å². The van der Waals surface area contributed by atoms with Gasteiger partial charge in [-0.15, -0.1) is 0 Å². The van der Waals surface area contributed by atoms with Gasteiger partial charge >= 0.3 is 0 Å². The highest BCUT2D eigenvalue weighted by Gasteiger charge is 1.99. The average molecular weight is 237 g/mol. The van der Waals surface area contributed by atoms with Gasteiger partial charge in [-0.3, -0.25) is 0 Å². The summed E-state index contributed by atoms with van der Waals surface area (Å²) in [5, 5.41) is 17.5. The van der Waals surface area contributed by atoms with Gasteiger partial charge in [-0.25, -0.2) is 0 Å². The fraction of sp³-hybridized carbons (Fsp3) is 0.111. The van der Waals surface area contributed by atoms with Crippen LogP contribution in [0, 0.1) is 22.7 Å². The highest BCUT2D eigenvalue weighted by Crippen LogP contribution is 2.13. The Kier molecular flexibility index (Phi) is 3.31. The molecule has 0 saturated carbocycles. The number of hydrogen-bond acceptors (Lipinski definition) is 3. The Hall–Kier alpha value is -1.52.